The highest BCUT2D eigenvalue weighted by molar-refractivity contribution is 7.22. The minimum absolute atomic E-state index is 0.107. The van der Waals surface area contributed by atoms with Gasteiger partial charge in [-0.1, -0.05) is 36.6 Å². The van der Waals surface area contributed by atoms with Crippen LogP contribution in [0.15, 0.2) is 121 Å². The van der Waals surface area contributed by atoms with Crippen molar-refractivity contribution in [3.05, 3.63) is 122 Å². The van der Waals surface area contributed by atoms with Gasteiger partial charge in [0.2, 0.25) is 5.13 Å². The van der Waals surface area contributed by atoms with Gasteiger partial charge in [0.15, 0.2) is 0 Å². The first kappa shape index (κ1) is 64.5. The van der Waals surface area contributed by atoms with Gasteiger partial charge in [-0.2, -0.15) is 5.10 Å². The lowest BCUT2D eigenvalue weighted by Crippen LogP contribution is -2.30. The van der Waals surface area contributed by atoms with Gasteiger partial charge in [-0.15, -0.1) is 0 Å². The maximum Gasteiger partial charge on any atom is 0.330 e. The summed E-state index contributed by atoms with van der Waals surface area (Å²) in [6.07, 6.45) is 6.83. The smallest absolute Gasteiger partial charge is 0.330 e. The van der Waals surface area contributed by atoms with E-state index in [9.17, 15) is 33.9 Å². The van der Waals surface area contributed by atoms with Crippen LogP contribution in [0.5, 0.6) is 34.5 Å². The van der Waals surface area contributed by atoms with Crippen LogP contribution in [0.25, 0.3) is 10.2 Å². The molecule has 0 amide bonds. The molecule has 7 rings (SSSR count). The van der Waals surface area contributed by atoms with Crippen LogP contribution in [-0.4, -0.2) is 145 Å². The molecule has 0 aliphatic heterocycles. The zero-order chi connectivity index (χ0) is 60.0. The Morgan fingerprint density at radius 3 is 1.36 bits per heavy atom. The summed E-state index contributed by atoms with van der Waals surface area (Å²) in [6.45, 7) is 9.87. The highest BCUT2D eigenvalue weighted by atomic mass is 32.1. The maximum absolute atomic E-state index is 13.8. The monoisotopic (exact) mass is 1190 g/mol. The van der Waals surface area contributed by atoms with E-state index >= 15 is 0 Å². The van der Waals surface area contributed by atoms with Crippen molar-refractivity contribution in [2.24, 2.45) is 28.8 Å². The number of aliphatic hydroxyl groups excluding tert-OH is 1. The molecule has 1 aromatic heterocycles. The number of anilines is 1. The number of fused-ring (bicyclic) bond motifs is 1. The molecule has 2 aliphatic carbocycles. The van der Waals surface area contributed by atoms with Crippen LogP contribution in [0.3, 0.4) is 0 Å². The molecular formula is C62H71N3O19S. The molecule has 23 heteroatoms. The van der Waals surface area contributed by atoms with Crippen LogP contribution in [0.4, 0.5) is 5.13 Å². The van der Waals surface area contributed by atoms with E-state index in [1.165, 1.54) is 34.7 Å². The molecule has 454 valence electrons. The molecule has 85 heavy (non-hydrogen) atoms. The normalized spacial score (nSPS) is 16.6. The molecule has 0 unspecified atom stereocenters. The first-order valence-corrected chi connectivity index (χ1v) is 28.9. The van der Waals surface area contributed by atoms with Gasteiger partial charge in [0.1, 0.15) is 60.9 Å². The van der Waals surface area contributed by atoms with Gasteiger partial charge in [0, 0.05) is 17.7 Å². The van der Waals surface area contributed by atoms with E-state index < -0.39 is 59.5 Å². The molecule has 1 heterocycles. The number of carbonyl (C=O) groups excluding carboxylic acids is 6. The molecule has 0 atom stereocenters. The third kappa shape index (κ3) is 21.8. The zero-order valence-electron chi connectivity index (χ0n) is 47.2. The lowest BCUT2D eigenvalue weighted by atomic mass is 9.82. The minimum atomic E-state index is -0.514. The summed E-state index contributed by atoms with van der Waals surface area (Å²) < 4.78 is 67.0. The Morgan fingerprint density at radius 1 is 0.518 bits per heavy atom. The Kier molecular flexibility index (Phi) is 26.8. The third-order valence-electron chi connectivity index (χ3n) is 13.4. The number of hydrazone groups is 1. The Morgan fingerprint density at radius 2 is 0.918 bits per heavy atom. The molecule has 22 nitrogen and oxygen atoms in total. The number of ether oxygens (including phenoxy) is 12. The number of carbonyl (C=O) groups is 6. The summed E-state index contributed by atoms with van der Waals surface area (Å²) >= 11 is 1.39. The maximum atomic E-state index is 13.8. The predicted octanol–water partition coefficient (Wildman–Crippen LogP) is 8.05. The Balaban J connectivity index is 0.862. The summed E-state index contributed by atoms with van der Waals surface area (Å²) in [6, 6.07) is 25.6. The number of esters is 6. The lowest BCUT2D eigenvalue weighted by molar-refractivity contribution is -0.145. The van der Waals surface area contributed by atoms with Crippen molar-refractivity contribution in [3.8, 4) is 34.5 Å². The molecule has 2 fully saturated rings. The zero-order valence-corrected chi connectivity index (χ0v) is 48.0. The van der Waals surface area contributed by atoms with E-state index in [2.05, 4.69) is 23.2 Å². The summed E-state index contributed by atoms with van der Waals surface area (Å²) in [5.74, 6) is -2.43. The van der Waals surface area contributed by atoms with Crippen molar-refractivity contribution in [1.82, 2.24) is 4.98 Å². The number of hydrogen-bond donors (Lipinski definition) is 1. The average Bonchev–Trinajstić information content (AvgIpc) is 3.91. The Bertz CT molecular complexity index is 2960. The Labute approximate surface area is 496 Å². The van der Waals surface area contributed by atoms with Crippen LogP contribution in [0.2, 0.25) is 0 Å². The standard InChI is InChI=1S/C62H71N3O19S/c1-3-56(67)79-39-35-75-31-29-73-33-37-77-48-17-21-50(22-18-48)81-58(69)43-9-11-45(12-10-43)60(71)83-52-25-26-54(47(41-52)42-63-65(27-28-66)62-64-53-7-5-6-8-55(53)85-62)84-61(72)46-15-13-44(14-16-46)59(70)82-51-23-19-49(20-24-51)78-38-34-74-30-32-76-36-40-80-57(68)4-2/h3-8,17-26,41-46,66H,1-2,9-16,27-40H2/b63-42+. The molecule has 1 N–H and O–H groups in total. The number of rotatable bonds is 35. The minimum Gasteiger partial charge on any atom is -0.491 e. The predicted molar refractivity (Wildman–Crippen MR) is 311 cm³/mol. The van der Waals surface area contributed by atoms with Crippen LogP contribution in [0.1, 0.15) is 56.9 Å². The van der Waals surface area contributed by atoms with Gasteiger partial charge in [-0.25, -0.2) is 19.6 Å². The van der Waals surface area contributed by atoms with Gasteiger partial charge in [-0.05, 0) is 130 Å². The highest BCUT2D eigenvalue weighted by Gasteiger charge is 2.34. The van der Waals surface area contributed by atoms with Gasteiger partial charge >= 0.3 is 35.8 Å². The van der Waals surface area contributed by atoms with Crippen LogP contribution in [0, 0.1) is 23.7 Å². The fraction of sp³-hybridized carbons (Fsp3) is 0.419. The first-order chi connectivity index (χ1) is 41.5. The molecule has 2 aliphatic rings. The second kappa shape index (κ2) is 35.3. The van der Waals surface area contributed by atoms with Crippen molar-refractivity contribution < 1.29 is 90.7 Å². The number of para-hydroxylation sites is 1. The topological polar surface area (TPSA) is 262 Å². The second-order valence-electron chi connectivity index (χ2n) is 19.4. The molecule has 0 bridgehead atoms. The van der Waals surface area contributed by atoms with Gasteiger partial charge in [0.25, 0.3) is 0 Å². The molecule has 0 radical (unpaired) electrons. The van der Waals surface area contributed by atoms with Gasteiger partial charge < -0.3 is 61.9 Å². The summed E-state index contributed by atoms with van der Waals surface area (Å²) in [4.78, 5) is 80.7. The summed E-state index contributed by atoms with van der Waals surface area (Å²) in [5, 5.41) is 16.7. The van der Waals surface area contributed by atoms with Crippen molar-refractivity contribution in [2.75, 3.05) is 97.4 Å². The van der Waals surface area contributed by atoms with E-state index in [1.54, 1.807) is 54.6 Å². The lowest BCUT2D eigenvalue weighted by Gasteiger charge is -2.26. The number of thiazole rings is 1. The SMILES string of the molecule is C=CC(=O)OCCOCCOCCOc1ccc(OC(=O)C2CCC(C(=O)Oc3ccc(OC(=O)C4CCC(C(=O)Oc5ccc(OCCOCCOCCOC(=O)C=C)cc5)CC4)c(/C=N/N(CCO)c4nc5ccccc5s4)c3)CC2)cc1. The third-order valence-corrected chi connectivity index (χ3v) is 14.5. The van der Waals surface area contributed by atoms with E-state index in [0.29, 0.717) is 125 Å². The van der Waals surface area contributed by atoms with Crippen molar-refractivity contribution in [2.45, 2.75) is 51.4 Å². The number of aliphatic hydroxyl groups is 1. The van der Waals surface area contributed by atoms with Gasteiger partial charge in [-0.3, -0.25) is 19.2 Å². The fourth-order valence-corrected chi connectivity index (χ4v) is 9.86. The fourth-order valence-electron chi connectivity index (χ4n) is 8.91. The van der Waals surface area contributed by atoms with E-state index in [-0.39, 0.29) is 64.3 Å². The van der Waals surface area contributed by atoms with E-state index in [1.807, 2.05) is 24.3 Å². The largest absolute Gasteiger partial charge is 0.491 e. The van der Waals surface area contributed by atoms with Crippen molar-refractivity contribution in [1.29, 1.82) is 0 Å². The number of hydrogen-bond acceptors (Lipinski definition) is 23. The molecule has 0 spiro atoms. The quantitative estimate of drug-likeness (QED) is 0.0100. The number of aromatic nitrogens is 1. The molecule has 0 saturated heterocycles. The second-order valence-corrected chi connectivity index (χ2v) is 20.4. The molecular weight excluding hydrogens is 1120 g/mol. The van der Waals surface area contributed by atoms with E-state index in [4.69, 9.17) is 56.8 Å². The average molecular weight is 1190 g/mol. The summed E-state index contributed by atoms with van der Waals surface area (Å²) in [5.41, 5.74) is 1.08. The number of nitrogens with zero attached hydrogens (tertiary/aromatic N) is 3. The molecule has 2 saturated carbocycles. The molecule has 4 aromatic carbocycles. The van der Waals surface area contributed by atoms with Crippen LogP contribution >= 0.6 is 11.3 Å². The van der Waals surface area contributed by atoms with Crippen molar-refractivity contribution >= 4 is 68.7 Å². The van der Waals surface area contributed by atoms with Crippen LogP contribution < -0.4 is 33.4 Å². The van der Waals surface area contributed by atoms with E-state index in [0.717, 1.165) is 22.4 Å². The number of benzene rings is 4. The molecule has 5 aromatic rings. The van der Waals surface area contributed by atoms with Crippen molar-refractivity contribution in [3.63, 3.8) is 0 Å². The summed E-state index contributed by atoms with van der Waals surface area (Å²) in [7, 11) is 0. The highest BCUT2D eigenvalue weighted by Crippen LogP contribution is 2.35. The Hall–Kier alpha value is -8.06. The van der Waals surface area contributed by atoms with Gasteiger partial charge in [0.05, 0.1) is 106 Å². The van der Waals surface area contributed by atoms with Crippen LogP contribution in [-0.2, 0) is 57.2 Å². The first-order valence-electron chi connectivity index (χ1n) is 28.1.